The summed E-state index contributed by atoms with van der Waals surface area (Å²) in [6.45, 7) is 0.198. The van der Waals surface area contributed by atoms with E-state index in [2.05, 4.69) is 20.4 Å². The number of amides is 1. The molecule has 11 nitrogen and oxygen atoms in total. The highest BCUT2D eigenvalue weighted by molar-refractivity contribution is 7.07. The minimum Gasteiger partial charge on any atom is -0.493 e. The third-order valence-electron chi connectivity index (χ3n) is 4.61. The zero-order valence-electron chi connectivity index (χ0n) is 17.4. The van der Waals surface area contributed by atoms with Crippen molar-refractivity contribution in [2.24, 2.45) is 0 Å². The van der Waals surface area contributed by atoms with Crippen LogP contribution in [0, 0.1) is 10.1 Å². The van der Waals surface area contributed by atoms with E-state index < -0.39 is 16.5 Å². The monoisotopic (exact) mass is 466 g/mol. The molecule has 3 heterocycles. The van der Waals surface area contributed by atoms with Crippen LogP contribution in [0.5, 0.6) is 11.5 Å². The molecule has 0 spiro atoms. The second-order valence-corrected chi connectivity index (χ2v) is 7.38. The zero-order chi connectivity index (χ0) is 23.2. The molecule has 0 bridgehead atoms. The first-order valence-corrected chi connectivity index (χ1v) is 10.6. The van der Waals surface area contributed by atoms with Gasteiger partial charge < -0.3 is 14.8 Å². The Labute approximate surface area is 191 Å². The fraction of sp³-hybridized carbons (Fsp3) is 0.143. The number of methoxy groups -OCH3 is 1. The first-order chi connectivity index (χ1) is 16.1. The Morgan fingerprint density at radius 3 is 2.82 bits per heavy atom. The lowest BCUT2D eigenvalue weighted by atomic mass is 10.1. The molecule has 0 radical (unpaired) electrons. The van der Waals surface area contributed by atoms with Gasteiger partial charge in [0.15, 0.2) is 17.3 Å². The molecule has 0 fully saturated rings. The number of nitrogens with one attached hydrogen (secondary N) is 1. The van der Waals surface area contributed by atoms with Gasteiger partial charge in [-0.1, -0.05) is 6.07 Å². The van der Waals surface area contributed by atoms with Crippen LogP contribution in [-0.2, 0) is 13.2 Å². The van der Waals surface area contributed by atoms with Crippen LogP contribution >= 0.6 is 11.3 Å². The molecular formula is C21H18N6O5S. The van der Waals surface area contributed by atoms with Crippen LogP contribution in [-0.4, -0.2) is 37.7 Å². The number of hydrogen-bond donors (Lipinski definition) is 1. The average Bonchev–Trinajstić information content (AvgIpc) is 3.55. The number of nitro benzene ring substituents is 1. The number of carbonyl (C=O) groups is 1. The summed E-state index contributed by atoms with van der Waals surface area (Å²) in [4.78, 5) is 32.4. The molecule has 0 saturated heterocycles. The van der Waals surface area contributed by atoms with Crippen LogP contribution < -0.4 is 14.8 Å². The van der Waals surface area contributed by atoms with Gasteiger partial charge in [0, 0.05) is 42.1 Å². The van der Waals surface area contributed by atoms with Gasteiger partial charge >= 0.3 is 0 Å². The van der Waals surface area contributed by atoms with Gasteiger partial charge in [0.05, 0.1) is 29.3 Å². The van der Waals surface area contributed by atoms with E-state index in [1.165, 1.54) is 30.6 Å². The number of aromatic nitrogens is 4. The smallest absolute Gasteiger partial charge is 0.286 e. The fourth-order valence-corrected chi connectivity index (χ4v) is 3.60. The molecule has 4 aromatic rings. The summed E-state index contributed by atoms with van der Waals surface area (Å²) in [5.74, 6) is 0.239. The second kappa shape index (κ2) is 9.87. The summed E-state index contributed by atoms with van der Waals surface area (Å²) in [6, 6.07) is 7.74. The maximum Gasteiger partial charge on any atom is 0.286 e. The van der Waals surface area contributed by atoms with Crippen molar-refractivity contribution < 1.29 is 19.2 Å². The molecule has 0 aliphatic carbocycles. The van der Waals surface area contributed by atoms with E-state index in [1.807, 2.05) is 0 Å². The maximum atomic E-state index is 12.9. The van der Waals surface area contributed by atoms with Crippen LogP contribution in [0.2, 0.25) is 0 Å². The zero-order valence-corrected chi connectivity index (χ0v) is 18.2. The standard InChI is InChI=1S/C21H18N6O5S/c1-31-18-8-16(17(27(29)30)9-19(18)32-11-15-12-33-13-24-15)21(28)23-10-14-4-2-5-22-20(14)26-7-3-6-25-26/h2-9,12-13H,10-11H2,1H3,(H,23,28). The van der Waals surface area contributed by atoms with Crippen LogP contribution in [0.4, 0.5) is 5.69 Å². The number of nitro groups is 1. The lowest BCUT2D eigenvalue weighted by molar-refractivity contribution is -0.385. The third-order valence-corrected chi connectivity index (χ3v) is 5.25. The molecule has 33 heavy (non-hydrogen) atoms. The summed E-state index contributed by atoms with van der Waals surface area (Å²) in [5.41, 5.74) is 2.47. The number of pyridine rings is 1. The molecule has 1 N–H and O–H groups in total. The number of rotatable bonds is 9. The molecule has 0 aliphatic rings. The Kier molecular flexibility index (Phi) is 6.55. The predicted octanol–water partition coefficient (Wildman–Crippen LogP) is 3.15. The van der Waals surface area contributed by atoms with Crippen molar-refractivity contribution in [3.8, 4) is 17.3 Å². The summed E-state index contributed by atoms with van der Waals surface area (Å²) < 4.78 is 12.5. The number of thiazole rings is 1. The van der Waals surface area contributed by atoms with Crippen molar-refractivity contribution in [3.63, 3.8) is 0 Å². The molecule has 0 unspecified atom stereocenters. The van der Waals surface area contributed by atoms with Crippen LogP contribution in [0.3, 0.4) is 0 Å². The van der Waals surface area contributed by atoms with E-state index in [4.69, 9.17) is 9.47 Å². The van der Waals surface area contributed by atoms with Crippen molar-refractivity contribution in [3.05, 3.63) is 86.7 Å². The van der Waals surface area contributed by atoms with Crippen molar-refractivity contribution in [2.45, 2.75) is 13.2 Å². The molecule has 168 valence electrons. The second-order valence-electron chi connectivity index (χ2n) is 6.67. The third kappa shape index (κ3) is 4.96. The minimum absolute atomic E-state index is 0.0867. The van der Waals surface area contributed by atoms with E-state index in [9.17, 15) is 14.9 Å². The normalized spacial score (nSPS) is 10.6. The quantitative estimate of drug-likeness (QED) is 0.294. The largest absolute Gasteiger partial charge is 0.493 e. The van der Waals surface area contributed by atoms with Gasteiger partial charge in [-0.15, -0.1) is 11.3 Å². The maximum absolute atomic E-state index is 12.9. The van der Waals surface area contributed by atoms with Crippen molar-refractivity contribution >= 4 is 22.9 Å². The Morgan fingerprint density at radius 1 is 1.24 bits per heavy atom. The van der Waals surface area contributed by atoms with Gasteiger partial charge in [0.1, 0.15) is 12.2 Å². The molecule has 0 atom stereocenters. The highest BCUT2D eigenvalue weighted by Gasteiger charge is 2.25. The molecule has 12 heteroatoms. The van der Waals surface area contributed by atoms with Crippen LogP contribution in [0.1, 0.15) is 21.6 Å². The van der Waals surface area contributed by atoms with Crippen molar-refractivity contribution in [1.82, 2.24) is 25.1 Å². The minimum atomic E-state index is -0.638. The first-order valence-electron chi connectivity index (χ1n) is 9.65. The van der Waals surface area contributed by atoms with Gasteiger partial charge in [-0.2, -0.15) is 5.10 Å². The highest BCUT2D eigenvalue weighted by Crippen LogP contribution is 2.35. The lowest BCUT2D eigenvalue weighted by Crippen LogP contribution is -2.25. The molecule has 4 rings (SSSR count). The van der Waals surface area contributed by atoms with Gasteiger partial charge in [0.2, 0.25) is 0 Å². The number of benzene rings is 1. The number of carbonyl (C=O) groups excluding carboxylic acids is 1. The van der Waals surface area contributed by atoms with Crippen LogP contribution in [0.25, 0.3) is 5.82 Å². The van der Waals surface area contributed by atoms with E-state index in [0.717, 1.165) is 0 Å². The van der Waals surface area contributed by atoms with Crippen molar-refractivity contribution in [2.75, 3.05) is 7.11 Å². The number of hydrogen-bond acceptors (Lipinski definition) is 9. The molecule has 1 amide bonds. The predicted molar refractivity (Wildman–Crippen MR) is 119 cm³/mol. The average molecular weight is 466 g/mol. The first kappa shape index (κ1) is 21.9. The summed E-state index contributed by atoms with van der Waals surface area (Å²) in [6.07, 6.45) is 4.96. The Hall–Kier alpha value is -4.32. The molecular weight excluding hydrogens is 448 g/mol. The van der Waals surface area contributed by atoms with Gasteiger partial charge in [-0.05, 0) is 12.1 Å². The van der Waals surface area contributed by atoms with Gasteiger partial charge in [-0.3, -0.25) is 14.9 Å². The number of nitrogens with zero attached hydrogens (tertiary/aromatic N) is 5. The summed E-state index contributed by atoms with van der Waals surface area (Å²) in [7, 11) is 1.39. The van der Waals surface area contributed by atoms with E-state index in [0.29, 0.717) is 17.1 Å². The molecule has 0 aliphatic heterocycles. The fourth-order valence-electron chi connectivity index (χ4n) is 3.05. The van der Waals surface area contributed by atoms with E-state index in [1.54, 1.807) is 52.4 Å². The van der Waals surface area contributed by atoms with Crippen molar-refractivity contribution in [1.29, 1.82) is 0 Å². The van der Waals surface area contributed by atoms with Gasteiger partial charge in [-0.25, -0.2) is 14.6 Å². The highest BCUT2D eigenvalue weighted by atomic mass is 32.1. The Morgan fingerprint density at radius 2 is 2.12 bits per heavy atom. The molecule has 3 aromatic heterocycles. The Balaban J connectivity index is 1.56. The Bertz CT molecular complexity index is 1260. The summed E-state index contributed by atoms with van der Waals surface area (Å²) in [5, 5.41) is 20.4. The topological polar surface area (TPSA) is 134 Å². The van der Waals surface area contributed by atoms with E-state index in [-0.39, 0.29) is 30.2 Å². The van der Waals surface area contributed by atoms with Crippen LogP contribution in [0.15, 0.2) is 59.8 Å². The molecule has 1 aromatic carbocycles. The number of ether oxygens (including phenoxy) is 2. The van der Waals surface area contributed by atoms with Gasteiger partial charge in [0.25, 0.3) is 11.6 Å². The summed E-state index contributed by atoms with van der Waals surface area (Å²) >= 11 is 1.41. The SMILES string of the molecule is COc1cc(C(=O)NCc2cccnc2-n2cccn2)c([N+](=O)[O-])cc1OCc1cscn1. The lowest BCUT2D eigenvalue weighted by Gasteiger charge is -2.13. The van der Waals surface area contributed by atoms with E-state index >= 15 is 0 Å². The molecule has 0 saturated carbocycles.